The van der Waals surface area contributed by atoms with Gasteiger partial charge in [0.15, 0.2) is 5.69 Å². The average molecular weight is 484 g/mol. The number of aromatic nitrogens is 1. The highest BCUT2D eigenvalue weighted by molar-refractivity contribution is 6.43. The van der Waals surface area contributed by atoms with Crippen molar-refractivity contribution in [2.24, 2.45) is 11.1 Å². The van der Waals surface area contributed by atoms with Crippen molar-refractivity contribution >= 4 is 24.6 Å². The molecule has 10 nitrogen and oxygen atoms in total. The van der Waals surface area contributed by atoms with Gasteiger partial charge in [0.25, 0.3) is 11.8 Å². The summed E-state index contributed by atoms with van der Waals surface area (Å²) in [4.78, 5) is 31.6. The second-order valence-electron chi connectivity index (χ2n) is 9.66. The van der Waals surface area contributed by atoms with Gasteiger partial charge in [-0.2, -0.15) is 0 Å². The maximum Gasteiger partial charge on any atom is 0.475 e. The molecule has 2 heterocycles. The quantitative estimate of drug-likeness (QED) is 0.356. The molecular weight excluding hydrogens is 451 g/mol. The van der Waals surface area contributed by atoms with Gasteiger partial charge < -0.3 is 30.0 Å². The van der Waals surface area contributed by atoms with Crippen LogP contribution in [-0.2, 0) is 16.1 Å². The Bertz CT molecular complexity index is 1040. The summed E-state index contributed by atoms with van der Waals surface area (Å²) in [6, 6.07) is 10.9. The van der Waals surface area contributed by atoms with Crippen molar-refractivity contribution in [1.82, 2.24) is 15.8 Å². The van der Waals surface area contributed by atoms with Crippen molar-refractivity contribution in [3.8, 4) is 0 Å². The molecule has 0 aliphatic carbocycles. The van der Waals surface area contributed by atoms with E-state index in [1.54, 1.807) is 6.07 Å². The number of carbonyl (C=O) groups is 2. The summed E-state index contributed by atoms with van der Waals surface area (Å²) in [7, 11) is -1.71. The molecule has 11 heteroatoms. The van der Waals surface area contributed by atoms with Gasteiger partial charge in [-0.3, -0.25) is 9.59 Å². The number of nitrogens with zero attached hydrogens (tertiary/aromatic N) is 2. The lowest BCUT2D eigenvalue weighted by Crippen LogP contribution is -2.56. The number of benzene rings is 1. The van der Waals surface area contributed by atoms with Crippen LogP contribution < -0.4 is 10.6 Å². The van der Waals surface area contributed by atoms with Crippen LogP contribution in [-0.4, -0.2) is 57.9 Å². The molecule has 0 fully saturated rings. The fourth-order valence-corrected chi connectivity index (χ4v) is 3.87. The van der Waals surface area contributed by atoms with E-state index in [1.807, 2.05) is 58.0 Å². The summed E-state index contributed by atoms with van der Waals surface area (Å²) in [5.41, 5.74) is 0.110. The number of hydrogen-bond donors (Lipinski definition) is 4. The topological polar surface area (TPSA) is 146 Å². The predicted molar refractivity (Wildman–Crippen MR) is 131 cm³/mol. The van der Waals surface area contributed by atoms with E-state index >= 15 is 0 Å². The summed E-state index contributed by atoms with van der Waals surface area (Å²) in [6.07, 6.45) is 0.724. The van der Waals surface area contributed by atoms with Gasteiger partial charge in [-0.1, -0.05) is 68.3 Å². The molecule has 3 rings (SSSR count). The largest absolute Gasteiger partial charge is 0.475 e. The molecule has 4 N–H and O–H groups in total. The molecule has 0 saturated heterocycles. The Labute approximate surface area is 205 Å². The fourth-order valence-electron chi connectivity index (χ4n) is 3.87. The Hall–Kier alpha value is -3.18. The molecule has 1 aromatic heterocycles. The number of amides is 2. The van der Waals surface area contributed by atoms with Crippen LogP contribution in [0.3, 0.4) is 0 Å². The molecule has 2 unspecified atom stereocenters. The Kier molecular flexibility index (Phi) is 8.69. The van der Waals surface area contributed by atoms with Crippen molar-refractivity contribution in [1.29, 1.82) is 0 Å². The zero-order valence-corrected chi connectivity index (χ0v) is 20.5. The predicted octanol–water partition coefficient (Wildman–Crippen LogP) is 1.83. The van der Waals surface area contributed by atoms with Crippen LogP contribution in [0.25, 0.3) is 0 Å². The molecule has 2 atom stereocenters. The maximum absolute atomic E-state index is 13.4. The second kappa shape index (κ2) is 11.5. The number of oxime groups is 1. The van der Waals surface area contributed by atoms with E-state index in [1.165, 1.54) is 0 Å². The van der Waals surface area contributed by atoms with Crippen LogP contribution in [0.4, 0.5) is 0 Å². The third kappa shape index (κ3) is 6.92. The zero-order chi connectivity index (χ0) is 25.6. The van der Waals surface area contributed by atoms with Crippen molar-refractivity contribution < 1.29 is 29.0 Å². The monoisotopic (exact) mass is 484 g/mol. The first kappa shape index (κ1) is 26.4. The number of nitrogens with one attached hydrogen (secondary N) is 2. The molecule has 188 valence electrons. The fraction of sp³-hybridized carbons (Fsp3) is 0.500. The van der Waals surface area contributed by atoms with E-state index < -0.39 is 30.5 Å². The molecule has 0 bridgehead atoms. The minimum absolute atomic E-state index is 0.0601. The summed E-state index contributed by atoms with van der Waals surface area (Å²) < 4.78 is 5.17. The third-order valence-corrected chi connectivity index (χ3v) is 5.77. The smallest absolute Gasteiger partial charge is 0.426 e. The van der Waals surface area contributed by atoms with Crippen LogP contribution in [0.2, 0.25) is 0 Å². The van der Waals surface area contributed by atoms with E-state index in [4.69, 9.17) is 9.36 Å². The molecule has 1 aliphatic rings. The van der Waals surface area contributed by atoms with Crippen LogP contribution in [0.5, 0.6) is 0 Å². The van der Waals surface area contributed by atoms with E-state index in [2.05, 4.69) is 20.9 Å². The van der Waals surface area contributed by atoms with Gasteiger partial charge in [-0.25, -0.2) is 0 Å². The third-order valence-electron chi connectivity index (χ3n) is 5.77. The van der Waals surface area contributed by atoms with Crippen LogP contribution in [0.15, 0.2) is 46.1 Å². The Morgan fingerprint density at radius 3 is 2.49 bits per heavy atom. The molecule has 0 saturated carbocycles. The van der Waals surface area contributed by atoms with Crippen LogP contribution >= 0.6 is 0 Å². The van der Waals surface area contributed by atoms with E-state index in [-0.39, 0.29) is 36.9 Å². The number of rotatable bonds is 11. The van der Waals surface area contributed by atoms with Gasteiger partial charge >= 0.3 is 7.12 Å². The van der Waals surface area contributed by atoms with Gasteiger partial charge in [-0.05, 0) is 17.9 Å². The summed E-state index contributed by atoms with van der Waals surface area (Å²) >= 11 is 0. The van der Waals surface area contributed by atoms with E-state index in [0.717, 1.165) is 5.56 Å². The number of carbonyl (C=O) groups excluding carboxylic acids is 2. The molecule has 35 heavy (non-hydrogen) atoms. The molecule has 2 amide bonds. The van der Waals surface area contributed by atoms with Gasteiger partial charge in [0, 0.05) is 24.8 Å². The lowest BCUT2D eigenvalue weighted by molar-refractivity contribution is -0.144. The first-order valence-corrected chi connectivity index (χ1v) is 11.8. The first-order chi connectivity index (χ1) is 16.6. The minimum atomic E-state index is -1.71. The second-order valence-corrected chi connectivity index (χ2v) is 9.66. The number of hydrogen-bond acceptors (Lipinski definition) is 8. The average Bonchev–Trinajstić information content (AvgIpc) is 3.46. The van der Waals surface area contributed by atoms with Gasteiger partial charge in [0.2, 0.25) is 5.60 Å². The van der Waals surface area contributed by atoms with E-state index in [9.17, 15) is 19.6 Å². The zero-order valence-electron chi connectivity index (χ0n) is 20.5. The lowest BCUT2D eigenvalue weighted by atomic mass is 9.74. The van der Waals surface area contributed by atoms with Crippen molar-refractivity contribution in [3.63, 3.8) is 0 Å². The Morgan fingerprint density at radius 1 is 1.17 bits per heavy atom. The highest BCUT2D eigenvalue weighted by Gasteiger charge is 2.48. The van der Waals surface area contributed by atoms with Crippen molar-refractivity contribution in [2.45, 2.75) is 64.4 Å². The van der Waals surface area contributed by atoms with Crippen LogP contribution in [0, 0.1) is 5.92 Å². The normalized spacial score (nSPS) is 18.2. The highest BCUT2D eigenvalue weighted by atomic mass is 16.7. The minimum Gasteiger partial charge on any atom is -0.426 e. The first-order valence-electron chi connectivity index (χ1n) is 11.8. The molecule has 1 aromatic carbocycles. The van der Waals surface area contributed by atoms with Crippen LogP contribution in [0.1, 0.15) is 68.3 Å². The SMILES string of the molecule is CC(C)CC(NC(=O)C1(Cc2ccccc2)CC(CNC(=O)c2cc(C(C)C)on2)=NO1)B(O)O. The lowest BCUT2D eigenvalue weighted by Gasteiger charge is -2.29. The van der Waals surface area contributed by atoms with Gasteiger partial charge in [0.1, 0.15) is 5.76 Å². The standard InChI is InChI=1S/C24H33BN4O6/c1-15(2)10-21(25(32)33)27-23(31)24(12-17-8-6-5-7-9-17)13-18(28-35-24)14-26-22(30)19-11-20(16(3)4)34-29-19/h5-9,11,15-16,21,32-33H,10,12-14H2,1-4H3,(H,26,30)(H,27,31). The Balaban J connectivity index is 1.71. The maximum atomic E-state index is 13.4. The van der Waals surface area contributed by atoms with Gasteiger partial charge in [0.05, 0.1) is 18.2 Å². The highest BCUT2D eigenvalue weighted by Crippen LogP contribution is 2.29. The van der Waals surface area contributed by atoms with E-state index in [0.29, 0.717) is 17.9 Å². The summed E-state index contributed by atoms with van der Waals surface area (Å²) in [5, 5.41) is 32.9. The molecule has 2 aromatic rings. The van der Waals surface area contributed by atoms with Crippen molar-refractivity contribution in [3.05, 3.63) is 53.4 Å². The van der Waals surface area contributed by atoms with Crippen molar-refractivity contribution in [2.75, 3.05) is 6.54 Å². The van der Waals surface area contributed by atoms with Gasteiger partial charge in [-0.15, -0.1) is 0 Å². The Morgan fingerprint density at radius 2 is 1.89 bits per heavy atom. The molecular formula is C24H33BN4O6. The summed E-state index contributed by atoms with van der Waals surface area (Å²) in [5.74, 6) is -0.934. The molecule has 1 aliphatic heterocycles. The summed E-state index contributed by atoms with van der Waals surface area (Å²) in [6.45, 7) is 7.79. The molecule has 0 radical (unpaired) electrons. The molecule has 0 spiro atoms.